The summed E-state index contributed by atoms with van der Waals surface area (Å²) in [7, 11) is 0. The van der Waals surface area contributed by atoms with E-state index in [1.54, 1.807) is 18.2 Å². The number of aliphatic hydroxyl groups excluding tert-OH is 1. The van der Waals surface area contributed by atoms with E-state index in [1.165, 1.54) is 16.3 Å². The molecule has 4 aromatic rings. The van der Waals surface area contributed by atoms with Crippen LogP contribution in [0.4, 0.5) is 0 Å². The number of pyridine rings is 1. The van der Waals surface area contributed by atoms with Crippen LogP contribution in [0.3, 0.4) is 0 Å². The quantitative estimate of drug-likeness (QED) is 0.270. The lowest BCUT2D eigenvalue weighted by Crippen LogP contribution is -2.50. The van der Waals surface area contributed by atoms with E-state index in [2.05, 4.69) is 71.5 Å². The Hall–Kier alpha value is -2.70. The Bertz CT molecular complexity index is 1370. The lowest BCUT2D eigenvalue weighted by atomic mass is 9.93. The summed E-state index contributed by atoms with van der Waals surface area (Å²) in [5, 5.41) is 28.5. The van der Waals surface area contributed by atoms with Crippen LogP contribution in [0.25, 0.3) is 21.7 Å². The molecule has 5 nitrogen and oxygen atoms in total. The number of aliphatic hydroxyl groups is 1. The van der Waals surface area contributed by atoms with E-state index >= 15 is 0 Å². The van der Waals surface area contributed by atoms with Gasteiger partial charge in [0.05, 0.1) is 11.6 Å². The lowest BCUT2D eigenvalue weighted by molar-refractivity contribution is 0.0633. The number of nitrogens with zero attached hydrogens (tertiary/aromatic N) is 2. The van der Waals surface area contributed by atoms with Crippen molar-refractivity contribution in [3.8, 4) is 5.75 Å². The maximum Gasteiger partial charge on any atom is 0.134 e. The molecule has 5 rings (SSSR count). The number of halogens is 1. The fourth-order valence-electron chi connectivity index (χ4n) is 5.44. The van der Waals surface area contributed by atoms with Crippen molar-refractivity contribution >= 4 is 33.3 Å². The maximum atomic E-state index is 11.2. The topological polar surface area (TPSA) is 68.6 Å². The number of aromatic hydroxyl groups is 1. The van der Waals surface area contributed by atoms with Gasteiger partial charge in [0.25, 0.3) is 0 Å². The Kier molecular flexibility index (Phi) is 7.18. The first-order valence-corrected chi connectivity index (χ1v) is 13.1. The van der Waals surface area contributed by atoms with Crippen LogP contribution >= 0.6 is 11.6 Å². The number of aromatic nitrogens is 1. The largest absolute Gasteiger partial charge is 0.508 e. The van der Waals surface area contributed by atoms with Crippen LogP contribution in [0.15, 0.2) is 66.7 Å². The number of nitrogens with one attached hydrogen (secondary N) is 1. The molecule has 1 aliphatic rings. The Morgan fingerprint density at radius 2 is 1.86 bits per heavy atom. The molecule has 1 fully saturated rings. The molecule has 0 radical (unpaired) electrons. The van der Waals surface area contributed by atoms with E-state index in [-0.39, 0.29) is 17.3 Å². The average molecular weight is 504 g/mol. The molecule has 3 aromatic carbocycles. The highest BCUT2D eigenvalue weighted by atomic mass is 35.5. The zero-order chi connectivity index (χ0) is 25.3. The minimum absolute atomic E-state index is 0.0601. The van der Waals surface area contributed by atoms with Gasteiger partial charge in [-0.3, -0.25) is 4.90 Å². The van der Waals surface area contributed by atoms with Gasteiger partial charge in [0.2, 0.25) is 0 Å². The predicted molar refractivity (Wildman–Crippen MR) is 148 cm³/mol. The number of phenols is 1. The van der Waals surface area contributed by atoms with Crippen LogP contribution in [0.5, 0.6) is 5.75 Å². The number of hydrogen-bond donors (Lipinski definition) is 3. The van der Waals surface area contributed by atoms with Gasteiger partial charge >= 0.3 is 0 Å². The van der Waals surface area contributed by atoms with Crippen LogP contribution in [-0.2, 0) is 13.0 Å². The summed E-state index contributed by atoms with van der Waals surface area (Å²) in [6.45, 7) is 6.45. The minimum Gasteiger partial charge on any atom is -0.508 e. The van der Waals surface area contributed by atoms with E-state index in [9.17, 15) is 10.2 Å². The van der Waals surface area contributed by atoms with Crippen LogP contribution in [0.1, 0.15) is 37.8 Å². The van der Waals surface area contributed by atoms with Crippen LogP contribution in [-0.4, -0.2) is 50.9 Å². The molecule has 1 saturated heterocycles. The molecule has 2 atom stereocenters. The van der Waals surface area contributed by atoms with Gasteiger partial charge < -0.3 is 15.5 Å². The van der Waals surface area contributed by atoms with E-state index < -0.39 is 6.10 Å². The van der Waals surface area contributed by atoms with Crippen molar-refractivity contribution in [3.63, 3.8) is 0 Å². The summed E-state index contributed by atoms with van der Waals surface area (Å²) in [5.41, 5.74) is 2.81. The summed E-state index contributed by atoms with van der Waals surface area (Å²) < 4.78 is 0. The summed E-state index contributed by atoms with van der Waals surface area (Å²) in [5.74, 6) is 0.212. The van der Waals surface area contributed by atoms with Crippen LogP contribution in [0.2, 0.25) is 5.15 Å². The molecule has 2 heterocycles. The summed E-state index contributed by atoms with van der Waals surface area (Å²) in [4.78, 5) is 6.81. The van der Waals surface area contributed by atoms with Crippen molar-refractivity contribution in [3.05, 3.63) is 83.0 Å². The van der Waals surface area contributed by atoms with Crippen molar-refractivity contribution in [2.75, 3.05) is 13.1 Å². The first-order chi connectivity index (χ1) is 17.3. The number of likely N-dealkylation sites (tertiary alicyclic amines) is 1. The SMILES string of the molecule is CC(C)(Cc1ccc2ccccc2c1)NC[C@@H](O)[C@H]1CCCN1Cc1cc2cc(O)ccc2nc1Cl. The number of rotatable bonds is 8. The second-order valence-electron chi connectivity index (χ2n) is 10.7. The third-order valence-corrected chi connectivity index (χ3v) is 7.63. The smallest absolute Gasteiger partial charge is 0.134 e. The lowest BCUT2D eigenvalue weighted by Gasteiger charge is -2.33. The van der Waals surface area contributed by atoms with Gasteiger partial charge in [-0.05, 0) is 80.3 Å². The second-order valence-corrected chi connectivity index (χ2v) is 11.0. The van der Waals surface area contributed by atoms with Crippen molar-refractivity contribution < 1.29 is 10.2 Å². The Morgan fingerprint density at radius 3 is 2.69 bits per heavy atom. The molecular formula is C30H34ClN3O2. The fourth-order valence-corrected chi connectivity index (χ4v) is 5.64. The summed E-state index contributed by atoms with van der Waals surface area (Å²) in [6.07, 6.45) is 2.39. The molecule has 1 aliphatic heterocycles. The fraction of sp³-hybridized carbons (Fsp3) is 0.367. The van der Waals surface area contributed by atoms with Gasteiger partial charge in [0, 0.05) is 35.6 Å². The normalized spacial score (nSPS) is 17.7. The van der Waals surface area contributed by atoms with Crippen molar-refractivity contribution in [1.82, 2.24) is 15.2 Å². The standard InChI is InChI=1S/C30H34ClN3O2/c1-30(2,17-20-9-10-21-6-3-4-7-22(21)14-20)32-18-28(36)27-8-5-13-34(27)19-24-15-23-16-25(35)11-12-26(23)33-29(24)31/h3-4,6-7,9-12,14-16,27-28,32,35-36H,5,8,13,17-19H2,1-2H3/t27-,28-/m1/s1. The van der Waals surface area contributed by atoms with E-state index in [0.29, 0.717) is 18.2 Å². The molecule has 0 unspecified atom stereocenters. The molecule has 6 heteroatoms. The number of β-amino-alcohol motifs (C(OH)–C–C–N with tert-alkyl or cyclic N) is 1. The molecule has 0 spiro atoms. The molecule has 188 valence electrons. The molecule has 0 amide bonds. The summed E-state index contributed by atoms with van der Waals surface area (Å²) >= 11 is 6.51. The van der Waals surface area contributed by atoms with Crippen molar-refractivity contribution in [2.45, 2.75) is 57.3 Å². The van der Waals surface area contributed by atoms with Crippen LogP contribution < -0.4 is 5.32 Å². The highest BCUT2D eigenvalue weighted by Gasteiger charge is 2.32. The Morgan fingerprint density at radius 1 is 1.06 bits per heavy atom. The highest BCUT2D eigenvalue weighted by molar-refractivity contribution is 6.30. The second kappa shape index (κ2) is 10.3. The van der Waals surface area contributed by atoms with Gasteiger partial charge in [-0.1, -0.05) is 54.1 Å². The molecule has 0 aliphatic carbocycles. The van der Waals surface area contributed by atoms with Crippen molar-refractivity contribution in [2.24, 2.45) is 0 Å². The third-order valence-electron chi connectivity index (χ3n) is 7.31. The predicted octanol–water partition coefficient (Wildman–Crippen LogP) is 5.68. The monoisotopic (exact) mass is 503 g/mol. The van der Waals surface area contributed by atoms with E-state index in [0.717, 1.165) is 42.3 Å². The van der Waals surface area contributed by atoms with Gasteiger partial charge in [-0.2, -0.15) is 0 Å². The van der Waals surface area contributed by atoms with Crippen LogP contribution in [0, 0.1) is 0 Å². The molecule has 0 bridgehead atoms. The third kappa shape index (κ3) is 5.65. The van der Waals surface area contributed by atoms with Gasteiger partial charge in [0.1, 0.15) is 10.9 Å². The zero-order valence-corrected chi connectivity index (χ0v) is 21.7. The highest BCUT2D eigenvalue weighted by Crippen LogP contribution is 2.29. The number of benzene rings is 3. The number of hydrogen-bond acceptors (Lipinski definition) is 5. The van der Waals surface area contributed by atoms with Gasteiger partial charge in [-0.15, -0.1) is 0 Å². The van der Waals surface area contributed by atoms with Gasteiger partial charge in [-0.25, -0.2) is 4.98 Å². The summed E-state index contributed by atoms with van der Waals surface area (Å²) in [6, 6.07) is 22.2. The van der Waals surface area contributed by atoms with Gasteiger partial charge in [0.15, 0.2) is 0 Å². The molecule has 1 aromatic heterocycles. The molecule has 3 N–H and O–H groups in total. The number of fused-ring (bicyclic) bond motifs is 2. The average Bonchev–Trinajstić information content (AvgIpc) is 3.31. The Labute approximate surface area is 217 Å². The number of phenolic OH excluding ortho intramolecular Hbond substituents is 1. The first-order valence-electron chi connectivity index (χ1n) is 12.7. The molecule has 36 heavy (non-hydrogen) atoms. The Balaban J connectivity index is 1.22. The molecular weight excluding hydrogens is 470 g/mol. The maximum absolute atomic E-state index is 11.2. The van der Waals surface area contributed by atoms with Crippen molar-refractivity contribution in [1.29, 1.82) is 0 Å². The zero-order valence-electron chi connectivity index (χ0n) is 20.9. The van der Waals surface area contributed by atoms with E-state index in [4.69, 9.17) is 11.6 Å². The first kappa shape index (κ1) is 25.0. The molecule has 0 saturated carbocycles. The van der Waals surface area contributed by atoms with E-state index in [1.807, 2.05) is 6.07 Å². The minimum atomic E-state index is -0.486.